The van der Waals surface area contributed by atoms with E-state index in [1.807, 2.05) is 0 Å². The maximum Gasteiger partial charge on any atom is 0.408 e. The largest absolute Gasteiger partial charge is 0.491 e. The second-order valence-electron chi connectivity index (χ2n) is 7.74. The van der Waals surface area contributed by atoms with E-state index in [9.17, 15) is 13.2 Å². The number of sulfone groups is 1. The molecule has 0 radical (unpaired) electrons. The lowest BCUT2D eigenvalue weighted by atomic mass is 10.1. The summed E-state index contributed by atoms with van der Waals surface area (Å²) in [5.74, 6) is 0.242. The standard InChI is InChI=1S/C17H28N2O5S/c1-16(2,3)24-15(20)19-17(4,5)11-23-14-8-7-13(18)9-12(14)10-25(6,21)22/h7-9H,10-11,18H2,1-6H3,(H,19,20). The highest BCUT2D eigenvalue weighted by Crippen LogP contribution is 2.24. The first-order chi connectivity index (χ1) is 11.2. The SMILES string of the molecule is CC(C)(COc1ccc(N)cc1CS(C)(=O)=O)NC(=O)OC(C)(C)C. The van der Waals surface area contributed by atoms with Crippen molar-refractivity contribution in [2.45, 2.75) is 51.5 Å². The van der Waals surface area contributed by atoms with E-state index in [2.05, 4.69) is 5.32 Å². The van der Waals surface area contributed by atoms with Gasteiger partial charge in [-0.2, -0.15) is 0 Å². The van der Waals surface area contributed by atoms with Gasteiger partial charge >= 0.3 is 6.09 Å². The number of rotatable bonds is 6. The summed E-state index contributed by atoms with van der Waals surface area (Å²) in [6, 6.07) is 4.83. The Morgan fingerprint density at radius 1 is 1.20 bits per heavy atom. The van der Waals surface area contributed by atoms with Gasteiger partial charge in [0.1, 0.15) is 18.0 Å². The lowest BCUT2D eigenvalue weighted by Gasteiger charge is -2.29. The van der Waals surface area contributed by atoms with E-state index < -0.39 is 27.1 Å². The molecule has 142 valence electrons. The van der Waals surface area contributed by atoms with Crippen LogP contribution >= 0.6 is 0 Å². The van der Waals surface area contributed by atoms with Crippen LogP contribution in [-0.2, 0) is 20.3 Å². The fourth-order valence-corrected chi connectivity index (χ4v) is 2.80. The Hall–Kier alpha value is -1.96. The Balaban J connectivity index is 2.81. The van der Waals surface area contributed by atoms with Gasteiger partial charge in [0.05, 0.1) is 11.3 Å². The van der Waals surface area contributed by atoms with E-state index in [-0.39, 0.29) is 12.4 Å². The van der Waals surface area contributed by atoms with Gasteiger partial charge in [0, 0.05) is 17.5 Å². The van der Waals surface area contributed by atoms with Crippen LogP contribution in [0, 0.1) is 0 Å². The molecule has 0 unspecified atom stereocenters. The average molecular weight is 372 g/mol. The van der Waals surface area contributed by atoms with Crippen molar-refractivity contribution in [2.75, 3.05) is 18.6 Å². The molecule has 0 saturated carbocycles. The number of ether oxygens (including phenoxy) is 2. The number of hydrogen-bond donors (Lipinski definition) is 2. The zero-order valence-corrected chi connectivity index (χ0v) is 16.5. The lowest BCUT2D eigenvalue weighted by Crippen LogP contribution is -2.49. The third-order valence-corrected chi connectivity index (χ3v) is 3.77. The van der Waals surface area contributed by atoms with Crippen molar-refractivity contribution in [3.8, 4) is 5.75 Å². The molecule has 1 amide bonds. The zero-order chi connectivity index (χ0) is 19.5. The van der Waals surface area contributed by atoms with Crippen LogP contribution in [0.1, 0.15) is 40.2 Å². The molecule has 3 N–H and O–H groups in total. The van der Waals surface area contributed by atoms with Gasteiger partial charge in [-0.25, -0.2) is 13.2 Å². The molecule has 1 aromatic rings. The molecule has 1 rings (SSSR count). The molecule has 0 aromatic heterocycles. The van der Waals surface area contributed by atoms with Gasteiger partial charge in [-0.05, 0) is 52.8 Å². The molecular weight excluding hydrogens is 344 g/mol. The van der Waals surface area contributed by atoms with Crippen LogP contribution in [0.3, 0.4) is 0 Å². The summed E-state index contributed by atoms with van der Waals surface area (Å²) < 4.78 is 34.1. The highest BCUT2D eigenvalue weighted by Gasteiger charge is 2.26. The fourth-order valence-electron chi connectivity index (χ4n) is 2.01. The number of hydrogen-bond acceptors (Lipinski definition) is 6. The van der Waals surface area contributed by atoms with Gasteiger partial charge in [-0.1, -0.05) is 0 Å². The number of nitrogens with two attached hydrogens (primary N) is 1. The molecule has 0 aliphatic rings. The minimum atomic E-state index is -3.23. The summed E-state index contributed by atoms with van der Waals surface area (Å²) >= 11 is 0. The molecule has 0 heterocycles. The monoisotopic (exact) mass is 372 g/mol. The smallest absolute Gasteiger partial charge is 0.408 e. The topological polar surface area (TPSA) is 108 Å². The summed E-state index contributed by atoms with van der Waals surface area (Å²) in [4.78, 5) is 11.9. The predicted molar refractivity (Wildman–Crippen MR) is 98.3 cm³/mol. The van der Waals surface area contributed by atoms with Crippen LogP contribution in [-0.4, -0.2) is 38.5 Å². The quantitative estimate of drug-likeness (QED) is 0.743. The summed E-state index contributed by atoms with van der Waals surface area (Å²) in [6.45, 7) is 9.04. The third-order valence-electron chi connectivity index (χ3n) is 2.93. The van der Waals surface area contributed by atoms with E-state index >= 15 is 0 Å². The summed E-state index contributed by atoms with van der Waals surface area (Å²) in [7, 11) is -3.23. The van der Waals surface area contributed by atoms with Crippen molar-refractivity contribution in [3.63, 3.8) is 0 Å². The minimum Gasteiger partial charge on any atom is -0.491 e. The lowest BCUT2D eigenvalue weighted by molar-refractivity contribution is 0.0441. The van der Waals surface area contributed by atoms with Crippen LogP contribution in [0.5, 0.6) is 5.75 Å². The maximum atomic E-state index is 11.9. The normalized spacial score (nSPS) is 12.6. The molecule has 8 heteroatoms. The predicted octanol–water partition coefficient (Wildman–Crippen LogP) is 2.50. The Bertz CT molecular complexity index is 721. The molecule has 1 aromatic carbocycles. The van der Waals surface area contributed by atoms with Crippen molar-refractivity contribution < 1.29 is 22.7 Å². The van der Waals surface area contributed by atoms with E-state index in [1.165, 1.54) is 0 Å². The molecule has 0 aliphatic heterocycles. The zero-order valence-electron chi connectivity index (χ0n) is 15.7. The number of carbonyl (C=O) groups excluding carboxylic acids is 1. The highest BCUT2D eigenvalue weighted by atomic mass is 32.2. The van der Waals surface area contributed by atoms with Crippen LogP contribution in [0.4, 0.5) is 10.5 Å². The van der Waals surface area contributed by atoms with Crippen molar-refractivity contribution in [1.82, 2.24) is 5.32 Å². The molecule has 25 heavy (non-hydrogen) atoms. The first kappa shape index (κ1) is 21.1. The van der Waals surface area contributed by atoms with E-state index in [0.29, 0.717) is 17.0 Å². The van der Waals surface area contributed by atoms with Crippen molar-refractivity contribution in [3.05, 3.63) is 23.8 Å². The van der Waals surface area contributed by atoms with Crippen LogP contribution in [0.25, 0.3) is 0 Å². The number of amides is 1. The van der Waals surface area contributed by atoms with Crippen molar-refractivity contribution in [2.24, 2.45) is 0 Å². The number of nitrogens with one attached hydrogen (secondary N) is 1. The number of nitrogen functional groups attached to an aromatic ring is 1. The fraction of sp³-hybridized carbons (Fsp3) is 0.588. The summed E-state index contributed by atoms with van der Waals surface area (Å²) in [5.41, 5.74) is 5.35. The molecule has 0 atom stereocenters. The number of alkyl carbamates (subject to hydrolysis) is 1. The first-order valence-corrected chi connectivity index (χ1v) is 9.93. The number of carbonyl (C=O) groups is 1. The Labute approximate surface area is 149 Å². The van der Waals surface area contributed by atoms with Gasteiger partial charge in [0.15, 0.2) is 9.84 Å². The molecule has 7 nitrogen and oxygen atoms in total. The average Bonchev–Trinajstić information content (AvgIpc) is 2.32. The summed E-state index contributed by atoms with van der Waals surface area (Å²) in [5, 5.41) is 2.73. The molecular formula is C17H28N2O5S. The van der Waals surface area contributed by atoms with E-state index in [1.54, 1.807) is 52.8 Å². The highest BCUT2D eigenvalue weighted by molar-refractivity contribution is 7.89. The third kappa shape index (κ3) is 8.62. The first-order valence-electron chi connectivity index (χ1n) is 7.87. The Morgan fingerprint density at radius 2 is 1.80 bits per heavy atom. The second-order valence-corrected chi connectivity index (χ2v) is 9.88. The van der Waals surface area contributed by atoms with Gasteiger partial charge < -0.3 is 20.5 Å². The molecule has 0 bridgehead atoms. The van der Waals surface area contributed by atoms with Gasteiger partial charge in [0.25, 0.3) is 0 Å². The Kier molecular flexibility index (Phi) is 6.33. The van der Waals surface area contributed by atoms with Crippen LogP contribution in [0.2, 0.25) is 0 Å². The van der Waals surface area contributed by atoms with Gasteiger partial charge in [-0.3, -0.25) is 0 Å². The van der Waals surface area contributed by atoms with E-state index in [4.69, 9.17) is 15.2 Å². The molecule has 0 fully saturated rings. The van der Waals surface area contributed by atoms with E-state index in [0.717, 1.165) is 6.26 Å². The van der Waals surface area contributed by atoms with Crippen molar-refractivity contribution >= 4 is 21.6 Å². The van der Waals surface area contributed by atoms with Gasteiger partial charge in [-0.15, -0.1) is 0 Å². The van der Waals surface area contributed by atoms with Crippen LogP contribution < -0.4 is 15.8 Å². The minimum absolute atomic E-state index is 0.132. The maximum absolute atomic E-state index is 11.9. The van der Waals surface area contributed by atoms with Gasteiger partial charge in [0.2, 0.25) is 0 Å². The molecule has 0 spiro atoms. The molecule has 0 aliphatic carbocycles. The summed E-state index contributed by atoms with van der Waals surface area (Å²) in [6.07, 6.45) is 0.600. The molecule has 0 saturated heterocycles. The van der Waals surface area contributed by atoms with Crippen molar-refractivity contribution in [1.29, 1.82) is 0 Å². The number of anilines is 1. The Morgan fingerprint density at radius 3 is 2.32 bits per heavy atom. The second kappa shape index (κ2) is 7.51. The number of benzene rings is 1. The van der Waals surface area contributed by atoms with Crippen LogP contribution in [0.15, 0.2) is 18.2 Å².